The third-order valence-electron chi connectivity index (χ3n) is 3.73. The Morgan fingerprint density at radius 1 is 1.24 bits per heavy atom. The first kappa shape index (κ1) is 14.9. The Bertz CT molecular complexity index is 340. The SMILES string of the molecule is CC(C)C(N)CS(=O)(=O)N1CCC(C)(C)CC1. The third kappa shape index (κ3) is 4.23. The molecule has 2 N–H and O–H groups in total. The van der Waals surface area contributed by atoms with Crippen LogP contribution >= 0.6 is 0 Å². The summed E-state index contributed by atoms with van der Waals surface area (Å²) in [7, 11) is -3.17. The van der Waals surface area contributed by atoms with E-state index < -0.39 is 10.0 Å². The molecule has 1 aliphatic heterocycles. The van der Waals surface area contributed by atoms with Crippen molar-refractivity contribution < 1.29 is 8.42 Å². The second kappa shape index (κ2) is 5.24. The first-order chi connectivity index (χ1) is 7.64. The van der Waals surface area contributed by atoms with Crippen molar-refractivity contribution in [3.63, 3.8) is 0 Å². The molecule has 1 saturated heterocycles. The number of hydrogen-bond acceptors (Lipinski definition) is 3. The molecule has 0 spiro atoms. The molecule has 0 aromatic heterocycles. The molecule has 1 rings (SSSR count). The molecule has 5 heteroatoms. The van der Waals surface area contributed by atoms with Crippen molar-refractivity contribution in [2.45, 2.75) is 46.6 Å². The van der Waals surface area contributed by atoms with Gasteiger partial charge in [-0.15, -0.1) is 0 Å². The summed E-state index contributed by atoms with van der Waals surface area (Å²) in [5.74, 6) is 0.275. The van der Waals surface area contributed by atoms with Crippen molar-refractivity contribution in [1.82, 2.24) is 4.31 Å². The Hall–Kier alpha value is -0.130. The van der Waals surface area contributed by atoms with Crippen molar-refractivity contribution in [1.29, 1.82) is 0 Å². The summed E-state index contributed by atoms with van der Waals surface area (Å²) in [6.45, 7) is 9.58. The molecule has 1 unspecified atom stereocenters. The number of nitrogens with two attached hydrogens (primary N) is 1. The van der Waals surface area contributed by atoms with Gasteiger partial charge in [0.05, 0.1) is 5.75 Å². The predicted octanol–water partition coefficient (Wildman–Crippen LogP) is 1.42. The Kier molecular flexibility index (Phi) is 4.60. The minimum absolute atomic E-state index is 0.0745. The molecule has 17 heavy (non-hydrogen) atoms. The van der Waals surface area contributed by atoms with E-state index in [1.54, 1.807) is 4.31 Å². The molecule has 0 aromatic carbocycles. The third-order valence-corrected chi connectivity index (χ3v) is 5.69. The molecule has 102 valence electrons. The van der Waals surface area contributed by atoms with Gasteiger partial charge in [-0.2, -0.15) is 0 Å². The van der Waals surface area contributed by atoms with Gasteiger partial charge >= 0.3 is 0 Å². The molecule has 0 radical (unpaired) electrons. The van der Waals surface area contributed by atoms with Crippen LogP contribution in [0.3, 0.4) is 0 Å². The zero-order valence-corrected chi connectivity index (χ0v) is 12.3. The summed E-state index contributed by atoms with van der Waals surface area (Å²) in [5, 5.41) is 0. The number of piperidine rings is 1. The zero-order valence-electron chi connectivity index (χ0n) is 11.4. The maximum atomic E-state index is 12.2. The number of sulfonamides is 1. The molecule has 1 fully saturated rings. The maximum Gasteiger partial charge on any atom is 0.215 e. The van der Waals surface area contributed by atoms with E-state index in [4.69, 9.17) is 5.73 Å². The lowest BCUT2D eigenvalue weighted by Crippen LogP contribution is -2.46. The molecule has 1 aliphatic rings. The number of nitrogens with zero attached hydrogens (tertiary/aromatic N) is 1. The van der Waals surface area contributed by atoms with E-state index in [0.29, 0.717) is 13.1 Å². The predicted molar refractivity (Wildman–Crippen MR) is 71.2 cm³/mol. The van der Waals surface area contributed by atoms with Crippen LogP contribution in [0.5, 0.6) is 0 Å². The largest absolute Gasteiger partial charge is 0.326 e. The van der Waals surface area contributed by atoms with Gasteiger partial charge in [0.2, 0.25) is 10.0 Å². The quantitative estimate of drug-likeness (QED) is 0.833. The van der Waals surface area contributed by atoms with Crippen LogP contribution in [0.2, 0.25) is 0 Å². The normalized spacial score (nSPS) is 23.9. The van der Waals surface area contributed by atoms with E-state index in [-0.39, 0.29) is 23.1 Å². The molecular formula is C12H26N2O2S. The fourth-order valence-electron chi connectivity index (χ4n) is 1.91. The van der Waals surface area contributed by atoms with Crippen LogP contribution in [0.4, 0.5) is 0 Å². The van der Waals surface area contributed by atoms with Crippen LogP contribution in [-0.4, -0.2) is 37.6 Å². The van der Waals surface area contributed by atoms with Gasteiger partial charge in [-0.25, -0.2) is 12.7 Å². The summed E-state index contributed by atoms with van der Waals surface area (Å²) in [6.07, 6.45) is 1.87. The van der Waals surface area contributed by atoms with E-state index in [2.05, 4.69) is 13.8 Å². The van der Waals surface area contributed by atoms with Gasteiger partial charge in [0.1, 0.15) is 0 Å². The van der Waals surface area contributed by atoms with Crippen LogP contribution in [-0.2, 0) is 10.0 Å². The number of hydrogen-bond donors (Lipinski definition) is 1. The van der Waals surface area contributed by atoms with Crippen molar-refractivity contribution in [3.05, 3.63) is 0 Å². The second-order valence-corrected chi connectivity index (χ2v) is 8.26. The molecule has 0 aliphatic carbocycles. The molecule has 0 bridgehead atoms. The van der Waals surface area contributed by atoms with Gasteiger partial charge in [0.15, 0.2) is 0 Å². The van der Waals surface area contributed by atoms with Crippen LogP contribution in [0.15, 0.2) is 0 Å². The van der Waals surface area contributed by atoms with Gasteiger partial charge in [-0.05, 0) is 24.2 Å². The fourth-order valence-corrected chi connectivity index (χ4v) is 3.73. The highest BCUT2D eigenvalue weighted by molar-refractivity contribution is 7.89. The van der Waals surface area contributed by atoms with E-state index in [1.165, 1.54) is 0 Å². The molecule has 1 heterocycles. The van der Waals surface area contributed by atoms with Gasteiger partial charge < -0.3 is 5.73 Å². The average Bonchev–Trinajstić information content (AvgIpc) is 2.15. The lowest BCUT2D eigenvalue weighted by molar-refractivity contribution is 0.195. The van der Waals surface area contributed by atoms with Gasteiger partial charge in [0, 0.05) is 19.1 Å². The first-order valence-electron chi connectivity index (χ1n) is 6.37. The van der Waals surface area contributed by atoms with E-state index in [9.17, 15) is 8.42 Å². The van der Waals surface area contributed by atoms with Crippen LogP contribution in [0.25, 0.3) is 0 Å². The molecule has 0 saturated carbocycles. The van der Waals surface area contributed by atoms with Crippen LogP contribution in [0.1, 0.15) is 40.5 Å². The van der Waals surface area contributed by atoms with Crippen molar-refractivity contribution >= 4 is 10.0 Å². The van der Waals surface area contributed by atoms with E-state index >= 15 is 0 Å². The fraction of sp³-hybridized carbons (Fsp3) is 1.00. The van der Waals surface area contributed by atoms with Gasteiger partial charge in [-0.3, -0.25) is 0 Å². The van der Waals surface area contributed by atoms with Crippen molar-refractivity contribution in [2.75, 3.05) is 18.8 Å². The van der Waals surface area contributed by atoms with Crippen LogP contribution in [0, 0.1) is 11.3 Å². The molecule has 4 nitrogen and oxygen atoms in total. The highest BCUT2D eigenvalue weighted by atomic mass is 32.2. The number of rotatable bonds is 4. The summed E-state index contributed by atoms with van der Waals surface area (Å²) in [6, 6.07) is -0.269. The summed E-state index contributed by atoms with van der Waals surface area (Å²) >= 11 is 0. The van der Waals surface area contributed by atoms with Gasteiger partial charge in [0.25, 0.3) is 0 Å². The maximum absolute atomic E-state index is 12.2. The smallest absolute Gasteiger partial charge is 0.215 e. The lowest BCUT2D eigenvalue weighted by Gasteiger charge is -2.36. The van der Waals surface area contributed by atoms with Crippen molar-refractivity contribution in [2.24, 2.45) is 17.1 Å². The van der Waals surface area contributed by atoms with Crippen molar-refractivity contribution in [3.8, 4) is 0 Å². The lowest BCUT2D eigenvalue weighted by atomic mass is 9.83. The topological polar surface area (TPSA) is 63.4 Å². The van der Waals surface area contributed by atoms with Gasteiger partial charge in [-0.1, -0.05) is 27.7 Å². The minimum atomic E-state index is -3.17. The second-order valence-electron chi connectivity index (χ2n) is 6.25. The molecular weight excluding hydrogens is 236 g/mol. The Labute approximate surface area is 106 Å². The summed E-state index contributed by atoms with van der Waals surface area (Å²) in [4.78, 5) is 0. The Balaban J connectivity index is 2.61. The molecule has 1 atom stereocenters. The van der Waals surface area contributed by atoms with Crippen LogP contribution < -0.4 is 5.73 Å². The Morgan fingerprint density at radius 3 is 2.12 bits per heavy atom. The standard InChI is InChI=1S/C12H26N2O2S/c1-10(2)11(13)9-17(15,16)14-7-5-12(3,4)6-8-14/h10-11H,5-9,13H2,1-4H3. The zero-order chi connectivity index (χ0) is 13.3. The summed E-state index contributed by atoms with van der Waals surface area (Å²) in [5.41, 5.74) is 6.13. The average molecular weight is 262 g/mol. The van der Waals surface area contributed by atoms with E-state index in [1.807, 2.05) is 13.8 Å². The molecule has 0 aromatic rings. The highest BCUT2D eigenvalue weighted by Crippen LogP contribution is 2.31. The van der Waals surface area contributed by atoms with E-state index in [0.717, 1.165) is 12.8 Å². The monoisotopic (exact) mass is 262 g/mol. The minimum Gasteiger partial charge on any atom is -0.326 e. The molecule has 0 amide bonds. The first-order valence-corrected chi connectivity index (χ1v) is 7.98. The Morgan fingerprint density at radius 2 is 1.71 bits per heavy atom. The summed E-state index contributed by atoms with van der Waals surface area (Å²) < 4.78 is 25.9. The highest BCUT2D eigenvalue weighted by Gasteiger charge is 2.32.